The molecule has 0 fully saturated rings. The molecule has 0 saturated carbocycles. The summed E-state index contributed by atoms with van der Waals surface area (Å²) in [6.07, 6.45) is 1.24. The van der Waals surface area contributed by atoms with Gasteiger partial charge >= 0.3 is 0 Å². The van der Waals surface area contributed by atoms with Crippen molar-refractivity contribution in [3.8, 4) is 17.0 Å². The standard InChI is InChI=1S/C14H10Cl2FN3O/c1-6-19-13(12-10(17)5-18-14(12)20-6)7-3-11(21-2)9(16)4-8(7)15/h3-5H,1-2H3,(H,18,19,20). The highest BCUT2D eigenvalue weighted by Gasteiger charge is 2.18. The highest BCUT2D eigenvalue weighted by atomic mass is 35.5. The number of aromatic nitrogens is 3. The highest BCUT2D eigenvalue weighted by Crippen LogP contribution is 2.38. The van der Waals surface area contributed by atoms with E-state index in [1.807, 2.05) is 0 Å². The molecule has 0 aliphatic heterocycles. The van der Waals surface area contributed by atoms with Crippen molar-refractivity contribution >= 4 is 34.2 Å². The van der Waals surface area contributed by atoms with Gasteiger partial charge in [0.1, 0.15) is 17.2 Å². The van der Waals surface area contributed by atoms with Crippen LogP contribution >= 0.6 is 23.2 Å². The van der Waals surface area contributed by atoms with Crippen LogP contribution in [0.2, 0.25) is 10.0 Å². The Kier molecular flexibility index (Phi) is 3.47. The number of hydrogen-bond donors (Lipinski definition) is 1. The van der Waals surface area contributed by atoms with Gasteiger partial charge in [-0.05, 0) is 19.1 Å². The molecule has 3 aromatic rings. The van der Waals surface area contributed by atoms with Crippen LogP contribution in [0.25, 0.3) is 22.3 Å². The van der Waals surface area contributed by atoms with Gasteiger partial charge in [0.25, 0.3) is 0 Å². The van der Waals surface area contributed by atoms with Gasteiger partial charge in [0.2, 0.25) is 0 Å². The number of aromatic amines is 1. The number of nitrogens with one attached hydrogen (secondary N) is 1. The van der Waals surface area contributed by atoms with E-state index in [9.17, 15) is 4.39 Å². The van der Waals surface area contributed by atoms with E-state index in [0.717, 1.165) is 0 Å². The Morgan fingerprint density at radius 3 is 2.67 bits per heavy atom. The first kappa shape index (κ1) is 14.1. The van der Waals surface area contributed by atoms with Crippen LogP contribution in [0.4, 0.5) is 4.39 Å². The largest absolute Gasteiger partial charge is 0.495 e. The van der Waals surface area contributed by atoms with E-state index in [1.54, 1.807) is 19.1 Å². The molecule has 7 heteroatoms. The Hall–Kier alpha value is -1.85. The summed E-state index contributed by atoms with van der Waals surface area (Å²) < 4.78 is 19.2. The lowest BCUT2D eigenvalue weighted by molar-refractivity contribution is 0.415. The monoisotopic (exact) mass is 325 g/mol. The first-order valence-corrected chi connectivity index (χ1v) is 6.81. The van der Waals surface area contributed by atoms with Gasteiger partial charge in [0.05, 0.1) is 28.2 Å². The van der Waals surface area contributed by atoms with Crippen molar-refractivity contribution in [2.24, 2.45) is 0 Å². The predicted molar refractivity (Wildman–Crippen MR) is 80.6 cm³/mol. The average molecular weight is 326 g/mol. The number of H-pyrrole nitrogens is 1. The van der Waals surface area contributed by atoms with E-state index >= 15 is 0 Å². The van der Waals surface area contributed by atoms with Crippen molar-refractivity contribution in [2.75, 3.05) is 7.11 Å². The zero-order valence-corrected chi connectivity index (χ0v) is 12.7. The fraction of sp³-hybridized carbons (Fsp3) is 0.143. The molecule has 0 amide bonds. The molecule has 0 aliphatic rings. The van der Waals surface area contributed by atoms with Gasteiger partial charge in [-0.1, -0.05) is 23.2 Å². The summed E-state index contributed by atoms with van der Waals surface area (Å²) in [5.74, 6) is 0.505. The Labute approximate surface area is 129 Å². The van der Waals surface area contributed by atoms with E-state index in [0.29, 0.717) is 38.5 Å². The van der Waals surface area contributed by atoms with Crippen molar-refractivity contribution in [2.45, 2.75) is 6.92 Å². The van der Waals surface area contributed by atoms with E-state index in [-0.39, 0.29) is 5.39 Å². The van der Waals surface area contributed by atoms with Crippen LogP contribution in [-0.2, 0) is 0 Å². The number of methoxy groups -OCH3 is 1. The van der Waals surface area contributed by atoms with Crippen LogP contribution in [0, 0.1) is 12.7 Å². The quantitative estimate of drug-likeness (QED) is 0.760. The second-order valence-corrected chi connectivity index (χ2v) is 5.26. The molecule has 1 N–H and O–H groups in total. The normalized spacial score (nSPS) is 11.1. The maximum Gasteiger partial charge on any atom is 0.152 e. The first-order chi connectivity index (χ1) is 10.0. The van der Waals surface area contributed by atoms with Gasteiger partial charge in [-0.3, -0.25) is 0 Å². The van der Waals surface area contributed by atoms with Crippen LogP contribution in [0.1, 0.15) is 5.82 Å². The minimum absolute atomic E-state index is 0.284. The topological polar surface area (TPSA) is 50.8 Å². The van der Waals surface area contributed by atoms with E-state index in [4.69, 9.17) is 27.9 Å². The second-order valence-electron chi connectivity index (χ2n) is 4.45. The highest BCUT2D eigenvalue weighted by molar-refractivity contribution is 6.37. The molecule has 2 aromatic heterocycles. The number of aryl methyl sites for hydroxylation is 1. The first-order valence-electron chi connectivity index (χ1n) is 6.06. The van der Waals surface area contributed by atoms with E-state index in [2.05, 4.69) is 15.0 Å². The van der Waals surface area contributed by atoms with Crippen LogP contribution in [0.5, 0.6) is 5.75 Å². The lowest BCUT2D eigenvalue weighted by Gasteiger charge is -2.10. The summed E-state index contributed by atoms with van der Waals surface area (Å²) in [5, 5.41) is 1.02. The molecule has 0 radical (unpaired) electrons. The van der Waals surface area contributed by atoms with Crippen molar-refractivity contribution in [1.82, 2.24) is 15.0 Å². The molecule has 0 aliphatic carbocycles. The summed E-state index contributed by atoms with van der Waals surface area (Å²) in [6, 6.07) is 3.18. The lowest BCUT2D eigenvalue weighted by Crippen LogP contribution is -1.95. The SMILES string of the molecule is COc1cc(-c2nc(C)nc3[nH]cc(F)c23)c(Cl)cc1Cl. The molecule has 108 valence electrons. The van der Waals surface area contributed by atoms with Crippen LogP contribution < -0.4 is 4.74 Å². The fourth-order valence-electron chi connectivity index (χ4n) is 2.17. The third kappa shape index (κ3) is 2.32. The molecule has 1 aromatic carbocycles. The number of fused-ring (bicyclic) bond motifs is 1. The Morgan fingerprint density at radius 1 is 1.19 bits per heavy atom. The van der Waals surface area contributed by atoms with Gasteiger partial charge in [-0.25, -0.2) is 14.4 Å². The Bertz CT molecular complexity index is 848. The lowest BCUT2D eigenvalue weighted by atomic mass is 10.1. The van der Waals surface area contributed by atoms with Crippen molar-refractivity contribution in [1.29, 1.82) is 0 Å². The maximum absolute atomic E-state index is 14.0. The predicted octanol–water partition coefficient (Wildman–Crippen LogP) is 4.39. The minimum Gasteiger partial charge on any atom is -0.495 e. The molecule has 3 rings (SSSR count). The van der Waals surface area contributed by atoms with Gasteiger partial charge in [0, 0.05) is 11.8 Å². The summed E-state index contributed by atoms with van der Waals surface area (Å²) >= 11 is 12.3. The molecule has 0 spiro atoms. The number of benzene rings is 1. The average Bonchev–Trinajstić information content (AvgIpc) is 2.79. The molecule has 0 atom stereocenters. The summed E-state index contributed by atoms with van der Waals surface area (Å²) in [5.41, 5.74) is 1.35. The smallest absolute Gasteiger partial charge is 0.152 e. The Morgan fingerprint density at radius 2 is 1.95 bits per heavy atom. The zero-order chi connectivity index (χ0) is 15.1. The molecule has 4 nitrogen and oxygen atoms in total. The molecule has 2 heterocycles. The molecular formula is C14H10Cl2FN3O. The fourth-order valence-corrected chi connectivity index (χ4v) is 2.72. The van der Waals surface area contributed by atoms with Crippen LogP contribution in [0.15, 0.2) is 18.3 Å². The number of hydrogen-bond acceptors (Lipinski definition) is 3. The summed E-state index contributed by atoms with van der Waals surface area (Å²) in [7, 11) is 1.50. The minimum atomic E-state index is -0.440. The molecular weight excluding hydrogens is 316 g/mol. The van der Waals surface area contributed by atoms with Gasteiger partial charge in [-0.15, -0.1) is 0 Å². The van der Waals surface area contributed by atoms with Crippen LogP contribution in [0.3, 0.4) is 0 Å². The molecule has 0 unspecified atom stereocenters. The van der Waals surface area contributed by atoms with E-state index in [1.165, 1.54) is 13.3 Å². The van der Waals surface area contributed by atoms with Gasteiger partial charge < -0.3 is 9.72 Å². The number of nitrogens with zero attached hydrogens (tertiary/aromatic N) is 2. The number of rotatable bonds is 2. The van der Waals surface area contributed by atoms with Crippen molar-refractivity contribution in [3.63, 3.8) is 0 Å². The number of ether oxygens (including phenoxy) is 1. The molecule has 0 saturated heterocycles. The molecule has 0 bridgehead atoms. The summed E-state index contributed by atoms with van der Waals surface area (Å²) in [6.45, 7) is 1.72. The van der Waals surface area contributed by atoms with Crippen molar-refractivity contribution in [3.05, 3.63) is 40.0 Å². The Balaban J connectivity index is 2.37. The number of halogens is 3. The zero-order valence-electron chi connectivity index (χ0n) is 11.2. The maximum atomic E-state index is 14.0. The molecule has 21 heavy (non-hydrogen) atoms. The third-order valence-electron chi connectivity index (χ3n) is 3.09. The van der Waals surface area contributed by atoms with Gasteiger partial charge in [0.15, 0.2) is 5.82 Å². The summed E-state index contributed by atoms with van der Waals surface area (Å²) in [4.78, 5) is 11.3. The van der Waals surface area contributed by atoms with Crippen LogP contribution in [-0.4, -0.2) is 22.1 Å². The van der Waals surface area contributed by atoms with Gasteiger partial charge in [-0.2, -0.15) is 0 Å². The van der Waals surface area contributed by atoms with Crippen molar-refractivity contribution < 1.29 is 9.13 Å². The van der Waals surface area contributed by atoms with E-state index < -0.39 is 5.82 Å². The third-order valence-corrected chi connectivity index (χ3v) is 3.70. The second kappa shape index (κ2) is 5.16.